The topological polar surface area (TPSA) is 59.3 Å². The van der Waals surface area contributed by atoms with Gasteiger partial charge in [-0.25, -0.2) is 4.79 Å². The van der Waals surface area contributed by atoms with Crippen LogP contribution >= 0.6 is 0 Å². The molecular weight excluding hydrogens is 244 g/mol. The average Bonchev–Trinajstić information content (AvgIpc) is 2.29. The van der Waals surface area contributed by atoms with Gasteiger partial charge in [0.05, 0.1) is 17.7 Å². The average molecular weight is 255 g/mol. The fourth-order valence-corrected chi connectivity index (χ4v) is 1.45. The molecule has 0 aliphatic rings. The third kappa shape index (κ3) is 2.94. The van der Waals surface area contributed by atoms with Crippen LogP contribution in [0.2, 0.25) is 0 Å². The van der Waals surface area contributed by atoms with Crippen LogP contribution in [-0.4, -0.2) is 19.2 Å². The summed E-state index contributed by atoms with van der Waals surface area (Å²) in [5.41, 5.74) is 0.324. The standard InChI is InChI=1S/C12H11F2NO3/c1-3-17-11(16)8-4-5-10(18-12(13)14)9(6-15)7(8)2/h4-5,12H,3H2,1-2H3. The highest BCUT2D eigenvalue weighted by Gasteiger charge is 2.18. The first-order valence-electron chi connectivity index (χ1n) is 5.16. The van der Waals surface area contributed by atoms with Gasteiger partial charge in [0.2, 0.25) is 0 Å². The molecule has 6 heteroatoms. The molecule has 0 amide bonds. The van der Waals surface area contributed by atoms with Crippen molar-refractivity contribution in [2.75, 3.05) is 6.61 Å². The van der Waals surface area contributed by atoms with Crippen molar-refractivity contribution in [1.29, 1.82) is 5.26 Å². The van der Waals surface area contributed by atoms with Gasteiger partial charge in [-0.2, -0.15) is 14.0 Å². The Balaban J connectivity index is 3.21. The SMILES string of the molecule is CCOC(=O)c1ccc(OC(F)F)c(C#N)c1C. The summed E-state index contributed by atoms with van der Waals surface area (Å²) >= 11 is 0. The van der Waals surface area contributed by atoms with E-state index in [1.54, 1.807) is 13.0 Å². The van der Waals surface area contributed by atoms with Crippen LogP contribution in [0, 0.1) is 18.3 Å². The van der Waals surface area contributed by atoms with E-state index in [4.69, 9.17) is 10.00 Å². The summed E-state index contributed by atoms with van der Waals surface area (Å²) in [4.78, 5) is 11.5. The zero-order chi connectivity index (χ0) is 13.7. The molecule has 0 saturated heterocycles. The van der Waals surface area contributed by atoms with Gasteiger partial charge in [0.1, 0.15) is 11.8 Å². The number of esters is 1. The smallest absolute Gasteiger partial charge is 0.387 e. The molecule has 0 aromatic heterocycles. The molecule has 0 unspecified atom stereocenters. The van der Waals surface area contributed by atoms with Crippen LogP contribution in [0.4, 0.5) is 8.78 Å². The molecule has 18 heavy (non-hydrogen) atoms. The Hall–Kier alpha value is -2.16. The van der Waals surface area contributed by atoms with Crippen molar-refractivity contribution in [3.8, 4) is 11.8 Å². The molecule has 0 atom stereocenters. The molecule has 1 aromatic rings. The third-order valence-electron chi connectivity index (χ3n) is 2.25. The minimum atomic E-state index is -3.02. The molecule has 4 nitrogen and oxygen atoms in total. The molecule has 0 spiro atoms. The van der Waals surface area contributed by atoms with Crippen LogP contribution in [0.3, 0.4) is 0 Å². The number of nitriles is 1. The maximum Gasteiger partial charge on any atom is 0.387 e. The molecule has 0 aliphatic heterocycles. The third-order valence-corrected chi connectivity index (χ3v) is 2.25. The number of carbonyl (C=O) groups is 1. The summed E-state index contributed by atoms with van der Waals surface area (Å²) in [6.45, 7) is 0.288. The highest BCUT2D eigenvalue weighted by Crippen LogP contribution is 2.26. The lowest BCUT2D eigenvalue weighted by Gasteiger charge is -2.11. The first kappa shape index (κ1) is 13.9. The van der Waals surface area contributed by atoms with Gasteiger partial charge >= 0.3 is 12.6 Å². The van der Waals surface area contributed by atoms with Crippen molar-refractivity contribution >= 4 is 5.97 Å². The lowest BCUT2D eigenvalue weighted by atomic mass is 10.0. The number of ether oxygens (including phenoxy) is 2. The zero-order valence-electron chi connectivity index (χ0n) is 9.87. The number of alkyl halides is 2. The summed E-state index contributed by atoms with van der Waals surface area (Å²) < 4.78 is 33.2. The van der Waals surface area contributed by atoms with E-state index in [-0.39, 0.29) is 29.0 Å². The molecule has 1 aromatic carbocycles. The Kier molecular flexibility index (Phi) is 4.60. The Morgan fingerprint density at radius 3 is 2.67 bits per heavy atom. The predicted molar refractivity (Wildman–Crippen MR) is 58.5 cm³/mol. The molecule has 0 fully saturated rings. The maximum absolute atomic E-state index is 12.1. The van der Waals surface area contributed by atoms with E-state index in [1.165, 1.54) is 13.0 Å². The van der Waals surface area contributed by atoms with Crippen LogP contribution < -0.4 is 4.74 Å². The van der Waals surface area contributed by atoms with Crippen molar-refractivity contribution in [2.24, 2.45) is 0 Å². The lowest BCUT2D eigenvalue weighted by molar-refractivity contribution is -0.0500. The summed E-state index contributed by atoms with van der Waals surface area (Å²) in [5, 5.41) is 8.92. The monoisotopic (exact) mass is 255 g/mol. The van der Waals surface area contributed by atoms with E-state index >= 15 is 0 Å². The van der Waals surface area contributed by atoms with E-state index in [1.807, 2.05) is 0 Å². The van der Waals surface area contributed by atoms with Gasteiger partial charge in [-0.05, 0) is 31.5 Å². The van der Waals surface area contributed by atoms with Gasteiger partial charge in [0.25, 0.3) is 0 Å². The largest absolute Gasteiger partial charge is 0.462 e. The van der Waals surface area contributed by atoms with Crippen LogP contribution in [0.15, 0.2) is 12.1 Å². The second kappa shape index (κ2) is 5.96. The van der Waals surface area contributed by atoms with Crippen molar-refractivity contribution < 1.29 is 23.0 Å². The maximum atomic E-state index is 12.1. The fraction of sp³-hybridized carbons (Fsp3) is 0.333. The van der Waals surface area contributed by atoms with Crippen molar-refractivity contribution in [1.82, 2.24) is 0 Å². The van der Waals surface area contributed by atoms with E-state index < -0.39 is 12.6 Å². The summed E-state index contributed by atoms with van der Waals surface area (Å²) in [7, 11) is 0. The summed E-state index contributed by atoms with van der Waals surface area (Å²) in [6.07, 6.45) is 0. The van der Waals surface area contributed by atoms with Crippen molar-refractivity contribution in [3.63, 3.8) is 0 Å². The van der Waals surface area contributed by atoms with Crippen molar-refractivity contribution in [3.05, 3.63) is 28.8 Å². The normalized spacial score (nSPS) is 10.0. The van der Waals surface area contributed by atoms with Crippen molar-refractivity contribution in [2.45, 2.75) is 20.5 Å². The van der Waals surface area contributed by atoms with E-state index in [0.29, 0.717) is 0 Å². The van der Waals surface area contributed by atoms with Crippen LogP contribution in [-0.2, 0) is 4.74 Å². The molecule has 0 aliphatic carbocycles. The number of halogens is 2. The number of benzene rings is 1. The molecule has 0 heterocycles. The Morgan fingerprint density at radius 2 is 2.17 bits per heavy atom. The predicted octanol–water partition coefficient (Wildman–Crippen LogP) is 2.64. The van der Waals surface area contributed by atoms with Gasteiger partial charge in [0, 0.05) is 0 Å². The Labute approximate surface area is 103 Å². The van der Waals surface area contributed by atoms with E-state index in [0.717, 1.165) is 6.07 Å². The second-order valence-electron chi connectivity index (χ2n) is 3.32. The lowest BCUT2D eigenvalue weighted by Crippen LogP contribution is -2.10. The minimum Gasteiger partial charge on any atom is -0.462 e. The van der Waals surface area contributed by atoms with Crippen LogP contribution in [0.25, 0.3) is 0 Å². The molecule has 0 bridgehead atoms. The molecule has 1 rings (SSSR count). The van der Waals surface area contributed by atoms with Crippen LogP contribution in [0.1, 0.15) is 28.4 Å². The molecule has 0 saturated carbocycles. The number of hydrogen-bond donors (Lipinski definition) is 0. The first-order chi connectivity index (χ1) is 8.51. The zero-order valence-corrected chi connectivity index (χ0v) is 9.87. The quantitative estimate of drug-likeness (QED) is 0.776. The summed E-state index contributed by atoms with van der Waals surface area (Å²) in [5.74, 6) is -0.854. The van der Waals surface area contributed by atoms with Crippen LogP contribution in [0.5, 0.6) is 5.75 Å². The van der Waals surface area contributed by atoms with E-state index in [2.05, 4.69) is 4.74 Å². The van der Waals surface area contributed by atoms with Gasteiger partial charge in [0.15, 0.2) is 0 Å². The highest BCUT2D eigenvalue weighted by atomic mass is 19.3. The number of nitrogens with zero attached hydrogens (tertiary/aromatic N) is 1. The molecular formula is C12H11F2NO3. The van der Waals surface area contributed by atoms with Gasteiger partial charge < -0.3 is 9.47 Å². The molecule has 96 valence electrons. The van der Waals surface area contributed by atoms with Gasteiger partial charge in [-0.1, -0.05) is 0 Å². The highest BCUT2D eigenvalue weighted by molar-refractivity contribution is 5.92. The number of carbonyl (C=O) groups excluding carboxylic acids is 1. The second-order valence-corrected chi connectivity index (χ2v) is 3.32. The van der Waals surface area contributed by atoms with E-state index in [9.17, 15) is 13.6 Å². The Morgan fingerprint density at radius 1 is 1.50 bits per heavy atom. The number of rotatable bonds is 4. The van der Waals surface area contributed by atoms with Gasteiger partial charge in [-0.3, -0.25) is 0 Å². The minimum absolute atomic E-state index is 0.0964. The van der Waals surface area contributed by atoms with Gasteiger partial charge in [-0.15, -0.1) is 0 Å². The number of hydrogen-bond acceptors (Lipinski definition) is 4. The summed E-state index contributed by atoms with van der Waals surface area (Å²) in [6, 6.07) is 4.19. The molecule has 0 radical (unpaired) electrons. The molecule has 0 N–H and O–H groups in total. The Bertz CT molecular complexity index is 495. The fourth-order valence-electron chi connectivity index (χ4n) is 1.45. The first-order valence-corrected chi connectivity index (χ1v) is 5.16.